The Kier molecular flexibility index (Phi) is 4.79. The fraction of sp³-hybridized carbons (Fsp3) is 0.474. The third kappa shape index (κ3) is 3.63. The Balaban J connectivity index is 1.95. The molecule has 0 bridgehead atoms. The predicted molar refractivity (Wildman–Crippen MR) is 96.7 cm³/mol. The van der Waals surface area contributed by atoms with Crippen LogP contribution in [0.4, 0.5) is 17.5 Å². The monoisotopic (exact) mass is 310 g/mol. The van der Waals surface area contributed by atoms with Crippen LogP contribution in [0.15, 0.2) is 30.3 Å². The third-order valence-electron chi connectivity index (χ3n) is 4.38. The van der Waals surface area contributed by atoms with Gasteiger partial charge in [-0.1, -0.05) is 12.1 Å². The van der Waals surface area contributed by atoms with Crippen molar-refractivity contribution < 1.29 is 0 Å². The van der Waals surface area contributed by atoms with Crippen molar-refractivity contribution in [2.24, 2.45) is 0 Å². The molecule has 122 valence electrons. The van der Waals surface area contributed by atoms with E-state index in [4.69, 9.17) is 9.97 Å². The van der Waals surface area contributed by atoms with Gasteiger partial charge in [0.2, 0.25) is 5.95 Å². The molecule has 1 saturated heterocycles. The molecular formula is C19H26N4. The molecule has 0 N–H and O–H groups in total. The van der Waals surface area contributed by atoms with Gasteiger partial charge in [-0.25, -0.2) is 4.98 Å². The molecule has 23 heavy (non-hydrogen) atoms. The summed E-state index contributed by atoms with van der Waals surface area (Å²) < 4.78 is 0. The summed E-state index contributed by atoms with van der Waals surface area (Å²) in [5.74, 6) is 1.87. The van der Waals surface area contributed by atoms with Gasteiger partial charge >= 0.3 is 0 Å². The second-order valence-corrected chi connectivity index (χ2v) is 6.30. The first kappa shape index (κ1) is 15.8. The lowest BCUT2D eigenvalue weighted by molar-refractivity contribution is 0.573. The van der Waals surface area contributed by atoms with E-state index in [0.29, 0.717) is 0 Å². The summed E-state index contributed by atoms with van der Waals surface area (Å²) in [6.07, 6.45) is 3.85. The normalized spacial score (nSPS) is 14.8. The molecule has 0 aliphatic carbocycles. The fourth-order valence-electron chi connectivity index (χ4n) is 3.18. The zero-order valence-electron chi connectivity index (χ0n) is 14.4. The molecule has 1 fully saturated rings. The van der Waals surface area contributed by atoms with Crippen molar-refractivity contribution in [2.75, 3.05) is 29.4 Å². The van der Waals surface area contributed by atoms with Crippen molar-refractivity contribution in [1.82, 2.24) is 9.97 Å². The Morgan fingerprint density at radius 3 is 2.52 bits per heavy atom. The Labute approximate surface area is 139 Å². The van der Waals surface area contributed by atoms with Gasteiger partial charge in [-0.3, -0.25) is 0 Å². The maximum atomic E-state index is 4.88. The van der Waals surface area contributed by atoms with Gasteiger partial charge in [0.15, 0.2) is 0 Å². The zero-order valence-corrected chi connectivity index (χ0v) is 14.4. The van der Waals surface area contributed by atoms with E-state index in [2.05, 4.69) is 60.9 Å². The highest BCUT2D eigenvalue weighted by atomic mass is 15.3. The van der Waals surface area contributed by atoms with Crippen LogP contribution in [0.3, 0.4) is 0 Å². The molecule has 4 heteroatoms. The number of benzene rings is 1. The Hall–Kier alpha value is -2.10. The number of aromatic nitrogens is 2. The molecule has 2 aromatic rings. The standard InChI is InChI=1S/C19H26N4/c1-4-23(17-10-8-9-15(2)13-17)19-20-16(3)14-18(21-19)22-11-6-5-7-12-22/h8-10,13-14H,4-7,11-12H2,1-3H3. The van der Waals surface area contributed by atoms with Crippen LogP contribution in [0.5, 0.6) is 0 Å². The largest absolute Gasteiger partial charge is 0.356 e. The lowest BCUT2D eigenvalue weighted by Crippen LogP contribution is -2.31. The quantitative estimate of drug-likeness (QED) is 0.845. The fourth-order valence-corrected chi connectivity index (χ4v) is 3.18. The molecular weight excluding hydrogens is 284 g/mol. The Morgan fingerprint density at radius 1 is 1.04 bits per heavy atom. The van der Waals surface area contributed by atoms with Gasteiger partial charge < -0.3 is 9.80 Å². The average Bonchev–Trinajstić information content (AvgIpc) is 2.56. The molecule has 1 aromatic carbocycles. The van der Waals surface area contributed by atoms with Crippen molar-refractivity contribution >= 4 is 17.5 Å². The van der Waals surface area contributed by atoms with Gasteiger partial charge in [0.1, 0.15) is 5.82 Å². The van der Waals surface area contributed by atoms with E-state index in [1.807, 2.05) is 0 Å². The molecule has 0 unspecified atom stereocenters. The second-order valence-electron chi connectivity index (χ2n) is 6.30. The van der Waals surface area contributed by atoms with Gasteiger partial charge in [-0.2, -0.15) is 4.98 Å². The van der Waals surface area contributed by atoms with E-state index in [1.165, 1.54) is 24.8 Å². The van der Waals surface area contributed by atoms with Gasteiger partial charge in [0.25, 0.3) is 0 Å². The van der Waals surface area contributed by atoms with E-state index in [0.717, 1.165) is 42.8 Å². The van der Waals surface area contributed by atoms with E-state index in [9.17, 15) is 0 Å². The van der Waals surface area contributed by atoms with E-state index in [1.54, 1.807) is 0 Å². The Morgan fingerprint density at radius 2 is 1.83 bits per heavy atom. The Bertz CT molecular complexity index is 662. The van der Waals surface area contributed by atoms with Gasteiger partial charge in [0.05, 0.1) is 0 Å². The van der Waals surface area contributed by atoms with Crippen LogP contribution in [0.1, 0.15) is 37.4 Å². The van der Waals surface area contributed by atoms with Crippen molar-refractivity contribution in [3.8, 4) is 0 Å². The molecule has 0 atom stereocenters. The second kappa shape index (κ2) is 6.99. The molecule has 0 radical (unpaired) electrons. The maximum absolute atomic E-state index is 4.88. The van der Waals surface area contributed by atoms with Gasteiger partial charge in [-0.15, -0.1) is 0 Å². The molecule has 4 nitrogen and oxygen atoms in total. The minimum Gasteiger partial charge on any atom is -0.356 e. The highest BCUT2D eigenvalue weighted by molar-refractivity contribution is 5.60. The summed E-state index contributed by atoms with van der Waals surface area (Å²) in [5, 5.41) is 0. The van der Waals surface area contributed by atoms with Crippen LogP contribution in [-0.4, -0.2) is 29.6 Å². The number of anilines is 3. The van der Waals surface area contributed by atoms with Crippen molar-refractivity contribution in [2.45, 2.75) is 40.0 Å². The van der Waals surface area contributed by atoms with Crippen LogP contribution >= 0.6 is 0 Å². The van der Waals surface area contributed by atoms with E-state index >= 15 is 0 Å². The summed E-state index contributed by atoms with van der Waals surface area (Å²) in [4.78, 5) is 14.2. The summed E-state index contributed by atoms with van der Waals surface area (Å²) in [7, 11) is 0. The SMILES string of the molecule is CCN(c1cccc(C)c1)c1nc(C)cc(N2CCCCC2)n1. The first-order valence-electron chi connectivity index (χ1n) is 8.62. The minimum atomic E-state index is 0.804. The number of aryl methyl sites for hydroxylation is 2. The molecule has 1 aliphatic rings. The lowest BCUT2D eigenvalue weighted by Gasteiger charge is -2.29. The van der Waals surface area contributed by atoms with Crippen molar-refractivity contribution in [3.05, 3.63) is 41.6 Å². The zero-order chi connectivity index (χ0) is 16.2. The lowest BCUT2D eigenvalue weighted by atomic mass is 10.1. The molecule has 3 rings (SSSR count). The summed E-state index contributed by atoms with van der Waals surface area (Å²) in [6, 6.07) is 10.6. The summed E-state index contributed by atoms with van der Waals surface area (Å²) >= 11 is 0. The van der Waals surface area contributed by atoms with Crippen LogP contribution in [0, 0.1) is 13.8 Å². The average molecular weight is 310 g/mol. The minimum absolute atomic E-state index is 0.804. The van der Waals surface area contributed by atoms with Gasteiger partial charge in [-0.05, 0) is 57.7 Å². The van der Waals surface area contributed by atoms with Crippen LogP contribution in [0.25, 0.3) is 0 Å². The first-order valence-corrected chi connectivity index (χ1v) is 8.62. The van der Waals surface area contributed by atoms with Crippen molar-refractivity contribution in [1.29, 1.82) is 0 Å². The van der Waals surface area contributed by atoms with Crippen LogP contribution in [0.2, 0.25) is 0 Å². The van der Waals surface area contributed by atoms with Crippen molar-refractivity contribution in [3.63, 3.8) is 0 Å². The van der Waals surface area contributed by atoms with Crippen LogP contribution < -0.4 is 9.80 Å². The highest BCUT2D eigenvalue weighted by Gasteiger charge is 2.17. The molecule has 2 heterocycles. The van der Waals surface area contributed by atoms with Crippen LogP contribution in [-0.2, 0) is 0 Å². The molecule has 0 amide bonds. The number of hydrogen-bond acceptors (Lipinski definition) is 4. The molecule has 0 saturated carbocycles. The van der Waals surface area contributed by atoms with Gasteiger partial charge in [0, 0.05) is 37.1 Å². The summed E-state index contributed by atoms with van der Waals surface area (Å²) in [5.41, 5.74) is 3.44. The number of piperidine rings is 1. The number of nitrogens with zero attached hydrogens (tertiary/aromatic N) is 4. The highest BCUT2D eigenvalue weighted by Crippen LogP contribution is 2.26. The summed E-state index contributed by atoms with van der Waals surface area (Å²) in [6.45, 7) is 9.39. The third-order valence-corrected chi connectivity index (χ3v) is 4.38. The first-order chi connectivity index (χ1) is 11.2. The number of hydrogen-bond donors (Lipinski definition) is 0. The number of rotatable bonds is 4. The molecule has 1 aliphatic heterocycles. The molecule has 0 spiro atoms. The van der Waals surface area contributed by atoms with E-state index < -0.39 is 0 Å². The topological polar surface area (TPSA) is 32.3 Å². The molecule has 1 aromatic heterocycles. The maximum Gasteiger partial charge on any atom is 0.232 e. The smallest absolute Gasteiger partial charge is 0.232 e. The predicted octanol–water partition coefficient (Wildman–Crippen LogP) is 4.24. The van der Waals surface area contributed by atoms with E-state index in [-0.39, 0.29) is 0 Å².